The van der Waals surface area contributed by atoms with Gasteiger partial charge >= 0.3 is 0 Å². The number of ether oxygens (including phenoxy) is 1. The number of alkyl halides is 1. The monoisotopic (exact) mass is 352 g/mol. The molecule has 0 aliphatic carbocycles. The number of nitrogens with zero attached hydrogens (tertiary/aromatic N) is 3. The fourth-order valence-corrected chi connectivity index (χ4v) is 2.84. The summed E-state index contributed by atoms with van der Waals surface area (Å²) in [4.78, 5) is 23.3. The topological polar surface area (TPSA) is 67.4 Å². The lowest BCUT2D eigenvalue weighted by molar-refractivity contribution is -0.116. The number of hydrogen-bond donors (Lipinski definition) is 1. The van der Waals surface area contributed by atoms with Crippen LogP contribution in [0.5, 0.6) is 0 Å². The van der Waals surface area contributed by atoms with Gasteiger partial charge in [-0.3, -0.25) is 4.79 Å². The SMILES string of the molecule is CCC(F)CCCCC(=O)Nc1c(C)nc(N2CCOCC2)nc1C. The van der Waals surface area contributed by atoms with Crippen molar-refractivity contribution in [3.8, 4) is 0 Å². The largest absolute Gasteiger partial charge is 0.378 e. The Hall–Kier alpha value is -1.76. The zero-order valence-electron chi connectivity index (χ0n) is 15.5. The van der Waals surface area contributed by atoms with E-state index in [1.54, 1.807) is 0 Å². The second-order valence-corrected chi connectivity index (χ2v) is 6.47. The maximum Gasteiger partial charge on any atom is 0.226 e. The van der Waals surface area contributed by atoms with E-state index in [2.05, 4.69) is 20.2 Å². The smallest absolute Gasteiger partial charge is 0.226 e. The van der Waals surface area contributed by atoms with E-state index in [1.165, 1.54) is 0 Å². The number of aromatic nitrogens is 2. The number of carbonyl (C=O) groups is 1. The zero-order chi connectivity index (χ0) is 18.2. The second kappa shape index (κ2) is 9.65. The fraction of sp³-hybridized carbons (Fsp3) is 0.722. The number of anilines is 2. The molecule has 1 N–H and O–H groups in total. The molecule has 1 unspecified atom stereocenters. The number of morpholine rings is 1. The van der Waals surface area contributed by atoms with Crippen molar-refractivity contribution in [2.45, 2.75) is 59.0 Å². The summed E-state index contributed by atoms with van der Waals surface area (Å²) in [6, 6.07) is 0. The molecule has 1 fully saturated rings. The maximum absolute atomic E-state index is 13.2. The summed E-state index contributed by atoms with van der Waals surface area (Å²) in [6.45, 7) is 8.50. The minimum absolute atomic E-state index is 0.0687. The van der Waals surface area contributed by atoms with Crippen LogP contribution in [0.15, 0.2) is 0 Å². The van der Waals surface area contributed by atoms with E-state index >= 15 is 0 Å². The van der Waals surface area contributed by atoms with Crippen molar-refractivity contribution >= 4 is 17.5 Å². The van der Waals surface area contributed by atoms with Crippen molar-refractivity contribution in [3.05, 3.63) is 11.4 Å². The van der Waals surface area contributed by atoms with Gasteiger partial charge in [0, 0.05) is 19.5 Å². The van der Waals surface area contributed by atoms with E-state index in [9.17, 15) is 9.18 Å². The first-order valence-corrected chi connectivity index (χ1v) is 9.13. The third-order valence-corrected chi connectivity index (χ3v) is 4.43. The molecule has 1 aromatic heterocycles. The summed E-state index contributed by atoms with van der Waals surface area (Å²) in [6.07, 6.45) is 2.12. The van der Waals surface area contributed by atoms with Gasteiger partial charge in [-0.15, -0.1) is 0 Å². The highest BCUT2D eigenvalue weighted by Crippen LogP contribution is 2.21. The van der Waals surface area contributed by atoms with E-state index in [4.69, 9.17) is 4.74 Å². The number of hydrogen-bond acceptors (Lipinski definition) is 5. The maximum atomic E-state index is 13.2. The molecule has 6 nitrogen and oxygen atoms in total. The molecule has 1 aliphatic rings. The Labute approximate surface area is 149 Å². The molecule has 2 rings (SSSR count). The van der Waals surface area contributed by atoms with Gasteiger partial charge in [0.15, 0.2) is 0 Å². The van der Waals surface area contributed by atoms with Crippen molar-refractivity contribution in [2.75, 3.05) is 36.5 Å². The third kappa shape index (κ3) is 5.92. The van der Waals surface area contributed by atoms with Crippen molar-refractivity contribution in [3.63, 3.8) is 0 Å². The summed E-state index contributed by atoms with van der Waals surface area (Å²) in [5, 5.41) is 2.91. The molecule has 2 heterocycles. The highest BCUT2D eigenvalue weighted by molar-refractivity contribution is 5.91. The predicted octanol–water partition coefficient (Wildman–Crippen LogP) is 3.18. The predicted molar refractivity (Wildman–Crippen MR) is 96.8 cm³/mol. The molecule has 0 aromatic carbocycles. The normalized spacial score (nSPS) is 15.9. The average molecular weight is 352 g/mol. The molecule has 1 aliphatic heterocycles. The Morgan fingerprint density at radius 1 is 1.24 bits per heavy atom. The van der Waals surface area contributed by atoms with Gasteiger partial charge in [0.05, 0.1) is 36.5 Å². The number of carbonyl (C=O) groups excluding carboxylic acids is 1. The van der Waals surface area contributed by atoms with Crippen LogP contribution in [0.4, 0.5) is 16.0 Å². The second-order valence-electron chi connectivity index (χ2n) is 6.47. The minimum Gasteiger partial charge on any atom is -0.378 e. The minimum atomic E-state index is -0.756. The molecule has 1 atom stereocenters. The first-order valence-electron chi connectivity index (χ1n) is 9.13. The van der Waals surface area contributed by atoms with Crippen molar-refractivity contribution in [2.24, 2.45) is 0 Å². The van der Waals surface area contributed by atoms with Crippen LogP contribution in [0.3, 0.4) is 0 Å². The summed E-state index contributed by atoms with van der Waals surface area (Å²) < 4.78 is 18.5. The molecule has 0 spiro atoms. The molecular formula is C18H29FN4O2. The van der Waals surface area contributed by atoms with E-state index in [1.807, 2.05) is 20.8 Å². The van der Waals surface area contributed by atoms with Crippen LogP contribution >= 0.6 is 0 Å². The summed E-state index contributed by atoms with van der Waals surface area (Å²) in [5.74, 6) is 0.616. The van der Waals surface area contributed by atoms with Crippen LogP contribution < -0.4 is 10.2 Å². The van der Waals surface area contributed by atoms with Crippen LogP contribution in [-0.2, 0) is 9.53 Å². The fourth-order valence-electron chi connectivity index (χ4n) is 2.84. The number of halogens is 1. The number of aryl methyl sites for hydroxylation is 2. The molecule has 140 valence electrons. The molecule has 1 aromatic rings. The van der Waals surface area contributed by atoms with Crippen molar-refractivity contribution in [1.82, 2.24) is 9.97 Å². The Kier molecular flexibility index (Phi) is 7.55. The van der Waals surface area contributed by atoms with E-state index in [-0.39, 0.29) is 5.91 Å². The summed E-state index contributed by atoms with van der Waals surface area (Å²) in [5.41, 5.74) is 2.20. The van der Waals surface area contributed by atoms with Gasteiger partial charge in [0.1, 0.15) is 0 Å². The summed E-state index contributed by atoms with van der Waals surface area (Å²) in [7, 11) is 0. The quantitative estimate of drug-likeness (QED) is 0.728. The lowest BCUT2D eigenvalue weighted by atomic mass is 10.1. The number of nitrogens with one attached hydrogen (secondary N) is 1. The van der Waals surface area contributed by atoms with Crippen LogP contribution in [0.1, 0.15) is 50.4 Å². The van der Waals surface area contributed by atoms with Gasteiger partial charge in [-0.2, -0.15) is 0 Å². The lowest BCUT2D eigenvalue weighted by Crippen LogP contribution is -2.37. The first-order chi connectivity index (χ1) is 12.0. The van der Waals surface area contributed by atoms with Gasteiger partial charge in [0.25, 0.3) is 0 Å². The molecule has 7 heteroatoms. The van der Waals surface area contributed by atoms with Gasteiger partial charge in [0.2, 0.25) is 11.9 Å². The van der Waals surface area contributed by atoms with E-state index < -0.39 is 6.17 Å². The average Bonchev–Trinajstić information content (AvgIpc) is 2.62. The van der Waals surface area contributed by atoms with Crippen LogP contribution in [0.2, 0.25) is 0 Å². The molecule has 0 saturated carbocycles. The summed E-state index contributed by atoms with van der Waals surface area (Å²) >= 11 is 0. The number of amides is 1. The molecule has 1 saturated heterocycles. The Balaban J connectivity index is 1.89. The molecule has 1 amide bonds. The number of rotatable bonds is 8. The molecule has 0 radical (unpaired) electrons. The lowest BCUT2D eigenvalue weighted by Gasteiger charge is -2.27. The van der Waals surface area contributed by atoms with Crippen LogP contribution in [-0.4, -0.2) is 48.4 Å². The van der Waals surface area contributed by atoms with Gasteiger partial charge < -0.3 is 15.0 Å². The highest BCUT2D eigenvalue weighted by atomic mass is 19.1. The van der Waals surface area contributed by atoms with Gasteiger partial charge in [-0.1, -0.05) is 13.3 Å². The third-order valence-electron chi connectivity index (χ3n) is 4.43. The van der Waals surface area contributed by atoms with Crippen molar-refractivity contribution < 1.29 is 13.9 Å². The van der Waals surface area contributed by atoms with E-state index in [0.29, 0.717) is 50.5 Å². The van der Waals surface area contributed by atoms with Gasteiger partial charge in [-0.05, 0) is 33.1 Å². The molecule has 0 bridgehead atoms. The number of unbranched alkanes of at least 4 members (excludes halogenated alkanes) is 1. The molecule has 25 heavy (non-hydrogen) atoms. The highest BCUT2D eigenvalue weighted by Gasteiger charge is 2.17. The van der Waals surface area contributed by atoms with Gasteiger partial charge in [-0.25, -0.2) is 14.4 Å². The Morgan fingerprint density at radius 3 is 2.48 bits per heavy atom. The standard InChI is InChI=1S/C18H29FN4O2/c1-4-15(19)7-5-6-8-16(24)22-17-13(2)20-18(21-14(17)3)23-9-11-25-12-10-23/h15H,4-12H2,1-3H3,(H,22,24). The zero-order valence-corrected chi connectivity index (χ0v) is 15.5. The Bertz CT molecular complexity index is 553. The van der Waals surface area contributed by atoms with E-state index in [0.717, 1.165) is 30.9 Å². The van der Waals surface area contributed by atoms with Crippen molar-refractivity contribution in [1.29, 1.82) is 0 Å². The Morgan fingerprint density at radius 2 is 1.88 bits per heavy atom. The first kappa shape index (κ1) is 19.6. The van der Waals surface area contributed by atoms with Crippen LogP contribution in [0.25, 0.3) is 0 Å². The van der Waals surface area contributed by atoms with Crippen LogP contribution in [0, 0.1) is 13.8 Å². The molecular weight excluding hydrogens is 323 g/mol.